The van der Waals surface area contributed by atoms with Gasteiger partial charge in [0.25, 0.3) is 0 Å². The average molecular weight is 189 g/mol. The van der Waals surface area contributed by atoms with Crippen LogP contribution in [0, 0.1) is 0 Å². The summed E-state index contributed by atoms with van der Waals surface area (Å²) < 4.78 is 0. The minimum Gasteiger partial charge on any atom is -0.153 e. The third kappa shape index (κ3) is 27.3. The first-order chi connectivity index (χ1) is 0. The van der Waals surface area contributed by atoms with Crippen molar-refractivity contribution in [2.24, 2.45) is 0 Å². The monoisotopic (exact) mass is 188 g/mol. The summed E-state index contributed by atoms with van der Waals surface area (Å²) in [6.45, 7) is 0. The summed E-state index contributed by atoms with van der Waals surface area (Å²) in [6.07, 6.45) is 0. The average Bonchev–Trinajstić information content (AvgIpc) is 0. The zero-order valence-electron chi connectivity index (χ0n) is 1.93. The molecule has 4 heteroatoms. The van der Waals surface area contributed by atoms with E-state index >= 15 is 0 Å². The molecule has 5 heavy (non-hydrogen) atoms. The van der Waals surface area contributed by atoms with Gasteiger partial charge in [-0.1, -0.05) is 7.43 Å². The van der Waals surface area contributed by atoms with Crippen LogP contribution in [0.25, 0.3) is 0 Å². The number of hydrogen-bond donors (Lipinski definition) is 0. The maximum atomic E-state index is 0. The first-order valence-corrected chi connectivity index (χ1v) is 0. The van der Waals surface area contributed by atoms with Gasteiger partial charge < -0.3 is 0 Å². The van der Waals surface area contributed by atoms with Gasteiger partial charge in [-0.25, -0.2) is 0 Å². The molecule has 0 aliphatic carbocycles. The molecule has 0 aliphatic rings. The molecule has 1 atom stereocenters. The third-order valence-electron chi connectivity index (χ3n) is 0. The minimum absolute atomic E-state index is 0. The second kappa shape index (κ2) is 44.3. The van der Waals surface area contributed by atoms with E-state index in [0.29, 0.717) is 0 Å². The summed E-state index contributed by atoms with van der Waals surface area (Å²) in [5.74, 6) is 0. The molecule has 0 spiro atoms. The Balaban J connectivity index is 0. The Morgan fingerprint density at radius 2 is 1.00 bits per heavy atom. The molecular weight excluding hydrogens is 182 g/mol. The zero-order valence-corrected chi connectivity index (χ0v) is 6.61. The number of hydrogen-bond acceptors (Lipinski definition) is 0. The van der Waals surface area contributed by atoms with Crippen molar-refractivity contribution in [1.29, 1.82) is 0 Å². The molecular formula is CH7CrNiPSi. The van der Waals surface area contributed by atoms with Crippen molar-refractivity contribution in [2.45, 2.75) is 7.43 Å². The van der Waals surface area contributed by atoms with Crippen molar-refractivity contribution in [3.8, 4) is 0 Å². The van der Waals surface area contributed by atoms with Crippen LogP contribution in [-0.4, -0.2) is 11.0 Å². The Kier molecular flexibility index (Phi) is 679. The fourth-order valence-corrected chi connectivity index (χ4v) is 0. The minimum atomic E-state index is 0. The van der Waals surface area contributed by atoms with E-state index in [1.807, 2.05) is 0 Å². The van der Waals surface area contributed by atoms with Crippen LogP contribution in [0.1, 0.15) is 7.43 Å². The molecule has 0 saturated heterocycles. The predicted octanol–water partition coefficient (Wildman–Crippen LogP) is 0.308. The Bertz CT molecular complexity index is 11.6. The van der Waals surface area contributed by atoms with E-state index in [4.69, 9.17) is 0 Å². The molecule has 36 valence electrons. The van der Waals surface area contributed by atoms with Crippen LogP contribution < -0.4 is 0 Å². The Morgan fingerprint density at radius 3 is 1.00 bits per heavy atom. The van der Waals surface area contributed by atoms with E-state index in [2.05, 4.69) is 0 Å². The number of rotatable bonds is 0. The van der Waals surface area contributed by atoms with Gasteiger partial charge in [-0.15, -0.1) is 0 Å². The van der Waals surface area contributed by atoms with Crippen molar-refractivity contribution in [3.05, 3.63) is 0 Å². The third-order valence-corrected chi connectivity index (χ3v) is 0. The molecule has 0 amide bonds. The topological polar surface area (TPSA) is 0 Å². The van der Waals surface area contributed by atoms with Crippen LogP contribution in [0.15, 0.2) is 0 Å². The first-order valence-electron chi connectivity index (χ1n) is 0. The van der Waals surface area contributed by atoms with E-state index in [-0.39, 0.29) is 62.1 Å². The van der Waals surface area contributed by atoms with E-state index in [0.717, 1.165) is 0 Å². The molecule has 0 nitrogen and oxygen atoms in total. The molecule has 1 unspecified atom stereocenters. The normalized spacial score (nSPS) is 0. The SMILES string of the molecule is C.P.[Cr].[Ni].[Si]. The summed E-state index contributed by atoms with van der Waals surface area (Å²) in [5, 5.41) is 0. The molecule has 0 aromatic heterocycles. The second-order valence-corrected chi connectivity index (χ2v) is 0. The molecule has 0 rings (SSSR count). The van der Waals surface area contributed by atoms with Crippen molar-refractivity contribution < 1.29 is 33.9 Å². The van der Waals surface area contributed by atoms with Gasteiger partial charge in [-0.05, 0) is 0 Å². The fourth-order valence-electron chi connectivity index (χ4n) is 0. The van der Waals surface area contributed by atoms with Crippen molar-refractivity contribution in [1.82, 2.24) is 0 Å². The molecule has 0 bridgehead atoms. The van der Waals surface area contributed by atoms with E-state index in [9.17, 15) is 0 Å². The molecule has 0 N–H and O–H groups in total. The van der Waals surface area contributed by atoms with Crippen LogP contribution in [0.2, 0.25) is 0 Å². The van der Waals surface area contributed by atoms with Gasteiger partial charge in [0, 0.05) is 44.8 Å². The van der Waals surface area contributed by atoms with Crippen molar-refractivity contribution in [2.75, 3.05) is 0 Å². The molecule has 0 aromatic carbocycles. The van der Waals surface area contributed by atoms with Crippen LogP contribution in [0.5, 0.6) is 0 Å². The van der Waals surface area contributed by atoms with Crippen LogP contribution in [-0.2, 0) is 33.9 Å². The Labute approximate surface area is 62.2 Å². The maximum absolute atomic E-state index is 0. The fraction of sp³-hybridized carbons (Fsp3) is 1.00. The Hall–Kier alpha value is 1.67. The summed E-state index contributed by atoms with van der Waals surface area (Å²) in [4.78, 5) is 0. The van der Waals surface area contributed by atoms with Crippen molar-refractivity contribution >= 4 is 20.9 Å². The van der Waals surface area contributed by atoms with E-state index in [1.165, 1.54) is 0 Å². The van der Waals surface area contributed by atoms with Crippen LogP contribution in [0.4, 0.5) is 0 Å². The standard InChI is InChI=1S/CH4.Cr.Ni.H3P.Si/h1H4;;;1H3;. The molecule has 0 heterocycles. The smallest absolute Gasteiger partial charge is 0 e. The summed E-state index contributed by atoms with van der Waals surface area (Å²) in [7, 11) is 0. The molecule has 0 saturated carbocycles. The first kappa shape index (κ1) is 76.7. The van der Waals surface area contributed by atoms with Crippen molar-refractivity contribution in [3.63, 3.8) is 0 Å². The Morgan fingerprint density at radius 1 is 1.00 bits per heavy atom. The molecule has 0 aromatic rings. The van der Waals surface area contributed by atoms with Gasteiger partial charge in [0.05, 0.1) is 0 Å². The largest absolute Gasteiger partial charge is 0.153 e. The summed E-state index contributed by atoms with van der Waals surface area (Å²) in [5.41, 5.74) is 0. The summed E-state index contributed by atoms with van der Waals surface area (Å²) in [6, 6.07) is 0. The van der Waals surface area contributed by atoms with Gasteiger partial charge >= 0.3 is 0 Å². The van der Waals surface area contributed by atoms with E-state index in [1.54, 1.807) is 0 Å². The van der Waals surface area contributed by atoms with Gasteiger partial charge in [0.15, 0.2) is 0 Å². The maximum Gasteiger partial charge on any atom is 0 e. The second-order valence-electron chi connectivity index (χ2n) is 0. The zero-order chi connectivity index (χ0) is 0. The van der Waals surface area contributed by atoms with Crippen LogP contribution in [0.3, 0.4) is 0 Å². The molecule has 0 fully saturated rings. The van der Waals surface area contributed by atoms with Gasteiger partial charge in [0.2, 0.25) is 0 Å². The summed E-state index contributed by atoms with van der Waals surface area (Å²) >= 11 is 0. The quantitative estimate of drug-likeness (QED) is 0.379. The molecule has 0 aliphatic heterocycles. The van der Waals surface area contributed by atoms with E-state index < -0.39 is 0 Å². The van der Waals surface area contributed by atoms with Crippen LogP contribution >= 0.6 is 9.90 Å². The molecule has 4 radical (unpaired) electrons. The predicted molar refractivity (Wildman–Crippen MR) is 23.6 cm³/mol. The van der Waals surface area contributed by atoms with Gasteiger partial charge in [-0.2, -0.15) is 9.90 Å². The van der Waals surface area contributed by atoms with Gasteiger partial charge in [-0.3, -0.25) is 0 Å². The van der Waals surface area contributed by atoms with Gasteiger partial charge in [0.1, 0.15) is 0 Å².